The standard InChI is InChI=1S/C26H34N6O3/c1-5-31(6-2)22-15-32(21(13-27)17-11-23(33-3)24(34-4)12-18(17)28)16-25(22)35-26-14-29-19-9-7-8-10-20(19)30-26/h7-14,22,25H,5-6,15-16,27-28H2,1-4H3/b21-13+. The average Bonchev–Trinajstić information content (AvgIpc) is 3.28. The predicted molar refractivity (Wildman–Crippen MR) is 138 cm³/mol. The van der Waals surface area contributed by atoms with Crippen molar-refractivity contribution in [2.24, 2.45) is 5.73 Å². The summed E-state index contributed by atoms with van der Waals surface area (Å²) >= 11 is 0. The average molecular weight is 479 g/mol. The summed E-state index contributed by atoms with van der Waals surface area (Å²) in [7, 11) is 3.19. The Kier molecular flexibility index (Phi) is 7.45. The first-order chi connectivity index (χ1) is 17.0. The highest BCUT2D eigenvalue weighted by Crippen LogP contribution is 2.37. The number of hydrogen-bond donors (Lipinski definition) is 2. The van der Waals surface area contributed by atoms with Gasteiger partial charge in [0.15, 0.2) is 11.5 Å². The number of nitrogen functional groups attached to an aromatic ring is 1. The molecule has 2 unspecified atom stereocenters. The molecule has 1 fully saturated rings. The van der Waals surface area contributed by atoms with E-state index in [2.05, 4.69) is 33.6 Å². The van der Waals surface area contributed by atoms with Gasteiger partial charge in [-0.05, 0) is 31.3 Å². The van der Waals surface area contributed by atoms with E-state index in [9.17, 15) is 0 Å². The SMILES string of the molecule is CCN(CC)C1CN(/C(=C/N)c2cc(OC)c(OC)cc2N)CC1Oc1cnc2ccccc2n1. The molecule has 1 aliphatic heterocycles. The van der Waals surface area contributed by atoms with Crippen LogP contribution in [0.3, 0.4) is 0 Å². The molecule has 1 saturated heterocycles. The first kappa shape index (κ1) is 24.4. The maximum absolute atomic E-state index is 6.45. The fraction of sp³-hybridized carbons (Fsp3) is 0.385. The summed E-state index contributed by atoms with van der Waals surface area (Å²) < 4.78 is 17.3. The Bertz CT molecular complexity index is 1200. The molecule has 0 aliphatic carbocycles. The van der Waals surface area contributed by atoms with Crippen molar-refractivity contribution in [2.75, 3.05) is 46.1 Å². The van der Waals surface area contributed by atoms with E-state index >= 15 is 0 Å². The van der Waals surface area contributed by atoms with Crippen LogP contribution < -0.4 is 25.7 Å². The summed E-state index contributed by atoms with van der Waals surface area (Å²) in [6, 6.07) is 11.5. The molecule has 9 heteroatoms. The van der Waals surface area contributed by atoms with Crippen LogP contribution in [0.25, 0.3) is 16.7 Å². The quantitative estimate of drug-likeness (QED) is 0.448. The molecule has 2 heterocycles. The number of para-hydroxylation sites is 2. The molecule has 4 N–H and O–H groups in total. The van der Waals surface area contributed by atoms with Crippen LogP contribution in [0.5, 0.6) is 17.4 Å². The zero-order chi connectivity index (χ0) is 24.9. The van der Waals surface area contributed by atoms with Crippen LogP contribution in [-0.2, 0) is 0 Å². The molecule has 2 atom stereocenters. The topological polar surface area (TPSA) is 112 Å². The Morgan fingerprint density at radius 1 is 1.09 bits per heavy atom. The lowest BCUT2D eigenvalue weighted by molar-refractivity contribution is 0.104. The predicted octanol–water partition coefficient (Wildman–Crippen LogP) is 2.96. The number of hydrogen-bond acceptors (Lipinski definition) is 9. The van der Waals surface area contributed by atoms with E-state index < -0.39 is 0 Å². The molecule has 0 amide bonds. The molecule has 0 radical (unpaired) electrons. The number of nitrogens with two attached hydrogens (primary N) is 2. The van der Waals surface area contributed by atoms with Gasteiger partial charge >= 0.3 is 0 Å². The highest BCUT2D eigenvalue weighted by molar-refractivity contribution is 5.77. The third kappa shape index (κ3) is 4.90. The van der Waals surface area contributed by atoms with Gasteiger partial charge in [0.1, 0.15) is 6.10 Å². The minimum atomic E-state index is -0.137. The van der Waals surface area contributed by atoms with Crippen molar-refractivity contribution in [3.8, 4) is 17.4 Å². The number of ether oxygens (including phenoxy) is 3. The summed E-state index contributed by atoms with van der Waals surface area (Å²) in [6.07, 6.45) is 3.15. The van der Waals surface area contributed by atoms with Crippen molar-refractivity contribution in [3.05, 3.63) is 54.4 Å². The highest BCUT2D eigenvalue weighted by Gasteiger charge is 2.39. The van der Waals surface area contributed by atoms with E-state index in [1.54, 1.807) is 32.7 Å². The number of likely N-dealkylation sites (N-methyl/N-ethyl adjacent to an activating group) is 1. The summed E-state index contributed by atoms with van der Waals surface area (Å²) in [6.45, 7) is 7.46. The van der Waals surface area contributed by atoms with Crippen molar-refractivity contribution < 1.29 is 14.2 Å². The normalized spacial score (nSPS) is 18.3. The Labute approximate surface area is 206 Å². The number of aromatic nitrogens is 2. The van der Waals surface area contributed by atoms with E-state index in [1.165, 1.54) is 0 Å². The molecule has 3 aromatic rings. The van der Waals surface area contributed by atoms with E-state index in [0.29, 0.717) is 29.6 Å². The van der Waals surface area contributed by atoms with Gasteiger partial charge in [-0.2, -0.15) is 0 Å². The summed E-state index contributed by atoms with van der Waals surface area (Å²) in [5, 5.41) is 0. The third-order valence-electron chi connectivity index (χ3n) is 6.55. The van der Waals surface area contributed by atoms with Crippen LogP contribution in [0.2, 0.25) is 0 Å². The zero-order valence-electron chi connectivity index (χ0n) is 20.8. The van der Waals surface area contributed by atoms with Crippen molar-refractivity contribution in [1.29, 1.82) is 0 Å². The lowest BCUT2D eigenvalue weighted by Gasteiger charge is -2.30. The number of likely N-dealkylation sites (tertiary alicyclic amines) is 1. The Morgan fingerprint density at radius 2 is 1.77 bits per heavy atom. The molecule has 1 aromatic heterocycles. The van der Waals surface area contributed by atoms with Gasteiger partial charge in [-0.3, -0.25) is 4.90 Å². The van der Waals surface area contributed by atoms with Gasteiger partial charge in [-0.15, -0.1) is 0 Å². The van der Waals surface area contributed by atoms with Crippen LogP contribution in [-0.4, -0.2) is 72.3 Å². The molecule has 35 heavy (non-hydrogen) atoms. The summed E-state index contributed by atoms with van der Waals surface area (Å²) in [4.78, 5) is 13.8. The smallest absolute Gasteiger partial charge is 0.233 e. The van der Waals surface area contributed by atoms with Gasteiger partial charge in [0.2, 0.25) is 5.88 Å². The van der Waals surface area contributed by atoms with Crippen LogP contribution in [0, 0.1) is 0 Å². The molecule has 186 valence electrons. The second kappa shape index (κ2) is 10.7. The Balaban J connectivity index is 1.65. The third-order valence-corrected chi connectivity index (χ3v) is 6.55. The van der Waals surface area contributed by atoms with Crippen molar-refractivity contribution >= 4 is 22.4 Å². The van der Waals surface area contributed by atoms with Crippen LogP contribution in [0.1, 0.15) is 19.4 Å². The van der Waals surface area contributed by atoms with Gasteiger partial charge in [-0.1, -0.05) is 26.0 Å². The lowest BCUT2D eigenvalue weighted by Crippen LogP contribution is -2.45. The molecule has 0 saturated carbocycles. The van der Waals surface area contributed by atoms with Crippen LogP contribution >= 0.6 is 0 Å². The molecule has 9 nitrogen and oxygen atoms in total. The fourth-order valence-electron chi connectivity index (χ4n) is 4.75. The molecule has 4 rings (SSSR count). The Hall–Kier alpha value is -3.72. The van der Waals surface area contributed by atoms with Crippen LogP contribution in [0.15, 0.2) is 48.8 Å². The van der Waals surface area contributed by atoms with Gasteiger partial charge in [0, 0.05) is 30.1 Å². The number of fused-ring (bicyclic) bond motifs is 1. The number of methoxy groups -OCH3 is 2. The number of nitrogens with zero attached hydrogens (tertiary/aromatic N) is 4. The van der Waals surface area contributed by atoms with Gasteiger partial charge < -0.3 is 30.6 Å². The summed E-state index contributed by atoms with van der Waals surface area (Å²) in [5.41, 5.74) is 16.4. The van der Waals surface area contributed by atoms with Gasteiger partial charge in [-0.25, -0.2) is 9.97 Å². The van der Waals surface area contributed by atoms with E-state index in [0.717, 1.165) is 41.9 Å². The van der Waals surface area contributed by atoms with E-state index in [4.69, 9.17) is 25.7 Å². The minimum Gasteiger partial charge on any atom is -0.493 e. The molecule has 0 spiro atoms. The first-order valence-corrected chi connectivity index (χ1v) is 11.8. The van der Waals surface area contributed by atoms with Gasteiger partial charge in [0.05, 0.1) is 49.7 Å². The van der Waals surface area contributed by atoms with Crippen molar-refractivity contribution in [2.45, 2.75) is 26.0 Å². The maximum Gasteiger partial charge on any atom is 0.233 e. The lowest BCUT2D eigenvalue weighted by atomic mass is 10.1. The Morgan fingerprint density at radius 3 is 2.43 bits per heavy atom. The molecular weight excluding hydrogens is 444 g/mol. The molecule has 0 bridgehead atoms. The minimum absolute atomic E-state index is 0.134. The number of rotatable bonds is 9. The van der Waals surface area contributed by atoms with Crippen molar-refractivity contribution in [1.82, 2.24) is 19.8 Å². The molecular formula is C26H34N6O3. The maximum atomic E-state index is 6.45. The number of anilines is 1. The second-order valence-electron chi connectivity index (χ2n) is 8.39. The summed E-state index contributed by atoms with van der Waals surface area (Å²) in [5.74, 6) is 1.68. The second-order valence-corrected chi connectivity index (χ2v) is 8.39. The molecule has 1 aliphatic rings. The zero-order valence-corrected chi connectivity index (χ0v) is 20.8. The molecule has 2 aromatic carbocycles. The first-order valence-electron chi connectivity index (χ1n) is 11.8. The highest BCUT2D eigenvalue weighted by atomic mass is 16.5. The largest absolute Gasteiger partial charge is 0.493 e. The monoisotopic (exact) mass is 478 g/mol. The van der Waals surface area contributed by atoms with Crippen molar-refractivity contribution in [3.63, 3.8) is 0 Å². The fourth-order valence-corrected chi connectivity index (χ4v) is 4.75. The number of benzene rings is 2. The van der Waals surface area contributed by atoms with E-state index in [1.807, 2.05) is 30.3 Å². The van der Waals surface area contributed by atoms with Crippen LogP contribution in [0.4, 0.5) is 5.69 Å². The van der Waals surface area contributed by atoms with E-state index in [-0.39, 0.29) is 12.1 Å². The van der Waals surface area contributed by atoms with Gasteiger partial charge in [0.25, 0.3) is 0 Å².